The van der Waals surface area contributed by atoms with Crippen molar-refractivity contribution >= 4 is 55.0 Å². The van der Waals surface area contributed by atoms with Crippen molar-refractivity contribution in [2.24, 2.45) is 5.73 Å². The molecule has 3 N–H and O–H groups in total. The number of piperidine rings is 1. The molecular weight excluding hydrogens is 418 g/mol. The maximum Gasteiger partial charge on any atom is 0.252 e. The minimum absolute atomic E-state index is 0.0397. The van der Waals surface area contributed by atoms with Crippen LogP contribution in [0.4, 0.5) is 0 Å². The van der Waals surface area contributed by atoms with E-state index in [4.69, 9.17) is 18.0 Å². The zero-order valence-electron chi connectivity index (χ0n) is 11.4. The maximum atomic E-state index is 12.3. The number of nitrogens with one attached hydrogen (secondary N) is 1. The Kier molecular flexibility index (Phi) is 6.16. The number of rotatable bonds is 4. The summed E-state index contributed by atoms with van der Waals surface area (Å²) in [5.41, 5.74) is 6.21. The van der Waals surface area contributed by atoms with Gasteiger partial charge in [0.2, 0.25) is 0 Å². The van der Waals surface area contributed by atoms with Crippen LogP contribution in [0.5, 0.6) is 0 Å². The lowest BCUT2D eigenvalue weighted by atomic mass is 10.0. The second kappa shape index (κ2) is 7.67. The van der Waals surface area contributed by atoms with Crippen molar-refractivity contribution in [3.05, 3.63) is 32.7 Å². The van der Waals surface area contributed by atoms with Crippen molar-refractivity contribution in [1.82, 2.24) is 10.2 Å². The van der Waals surface area contributed by atoms with E-state index in [-0.39, 0.29) is 11.9 Å². The second-order valence-electron chi connectivity index (χ2n) is 5.11. The number of amides is 1. The van der Waals surface area contributed by atoms with Crippen LogP contribution in [0.15, 0.2) is 27.1 Å². The molecule has 1 aliphatic heterocycles. The molecule has 1 aliphatic rings. The van der Waals surface area contributed by atoms with E-state index in [0.717, 1.165) is 34.9 Å². The number of likely N-dealkylation sites (tertiary alicyclic amines) is 1. The topological polar surface area (TPSA) is 58.4 Å². The van der Waals surface area contributed by atoms with Gasteiger partial charge in [0.15, 0.2) is 0 Å². The van der Waals surface area contributed by atoms with Gasteiger partial charge in [-0.25, -0.2) is 0 Å². The number of nitrogens with two attached hydrogens (primary N) is 1. The predicted octanol–water partition coefficient (Wildman–Crippen LogP) is 2.69. The van der Waals surface area contributed by atoms with Gasteiger partial charge in [-0.15, -0.1) is 0 Å². The summed E-state index contributed by atoms with van der Waals surface area (Å²) in [7, 11) is 0. The van der Waals surface area contributed by atoms with Crippen LogP contribution in [-0.4, -0.2) is 41.5 Å². The highest BCUT2D eigenvalue weighted by Crippen LogP contribution is 2.22. The molecule has 1 saturated heterocycles. The number of benzene rings is 1. The Balaban J connectivity index is 1.88. The van der Waals surface area contributed by atoms with E-state index in [1.165, 1.54) is 0 Å². The first-order chi connectivity index (χ1) is 9.95. The molecule has 4 nitrogen and oxygen atoms in total. The van der Waals surface area contributed by atoms with Crippen molar-refractivity contribution in [2.45, 2.75) is 18.9 Å². The first-order valence-electron chi connectivity index (χ1n) is 6.72. The van der Waals surface area contributed by atoms with E-state index in [1.807, 2.05) is 18.2 Å². The first kappa shape index (κ1) is 16.9. The summed E-state index contributed by atoms with van der Waals surface area (Å²) in [5.74, 6) is -0.0397. The number of carbonyl (C=O) groups is 1. The summed E-state index contributed by atoms with van der Waals surface area (Å²) in [4.78, 5) is 15.0. The molecule has 0 aromatic heterocycles. The number of hydrogen-bond acceptors (Lipinski definition) is 3. The number of carbonyl (C=O) groups excluding carboxylic acids is 1. The third-order valence-electron chi connectivity index (χ3n) is 3.48. The summed E-state index contributed by atoms with van der Waals surface area (Å²) in [5, 5.41) is 3.09. The van der Waals surface area contributed by atoms with Crippen LogP contribution in [0.25, 0.3) is 0 Å². The van der Waals surface area contributed by atoms with E-state index >= 15 is 0 Å². The summed E-state index contributed by atoms with van der Waals surface area (Å²) in [6.45, 7) is 2.47. The molecule has 2 rings (SSSR count). The molecule has 1 fully saturated rings. The van der Waals surface area contributed by atoms with Crippen LogP contribution >= 0.6 is 44.1 Å². The summed E-state index contributed by atoms with van der Waals surface area (Å²) >= 11 is 11.7. The van der Waals surface area contributed by atoms with E-state index in [1.54, 1.807) is 0 Å². The maximum absolute atomic E-state index is 12.3. The van der Waals surface area contributed by atoms with Crippen LogP contribution in [0, 0.1) is 0 Å². The number of thiocarbonyl (C=S) groups is 1. The monoisotopic (exact) mass is 433 g/mol. The van der Waals surface area contributed by atoms with Gasteiger partial charge in [-0.1, -0.05) is 28.1 Å². The Bertz CT molecular complexity index is 545. The summed E-state index contributed by atoms with van der Waals surface area (Å²) < 4.78 is 1.73. The largest absolute Gasteiger partial charge is 0.392 e. The molecule has 0 radical (unpaired) electrons. The Morgan fingerprint density at radius 3 is 2.62 bits per heavy atom. The molecule has 0 bridgehead atoms. The highest BCUT2D eigenvalue weighted by Gasteiger charge is 2.22. The fourth-order valence-corrected chi connectivity index (χ4v) is 3.80. The van der Waals surface area contributed by atoms with Crippen LogP contribution < -0.4 is 11.1 Å². The average molecular weight is 435 g/mol. The highest BCUT2D eigenvalue weighted by molar-refractivity contribution is 9.11. The Labute approximate surface area is 146 Å². The Morgan fingerprint density at radius 1 is 1.38 bits per heavy atom. The number of hydrogen-bond donors (Lipinski definition) is 2. The van der Waals surface area contributed by atoms with Gasteiger partial charge in [0.1, 0.15) is 0 Å². The zero-order chi connectivity index (χ0) is 15.4. The minimum Gasteiger partial charge on any atom is -0.392 e. The number of nitrogens with zero attached hydrogens (tertiary/aromatic N) is 1. The second-order valence-corrected chi connectivity index (χ2v) is 7.41. The van der Waals surface area contributed by atoms with Crippen LogP contribution in [-0.2, 0) is 0 Å². The van der Waals surface area contributed by atoms with E-state index < -0.39 is 0 Å². The van der Waals surface area contributed by atoms with E-state index in [9.17, 15) is 4.79 Å². The third kappa shape index (κ3) is 5.02. The van der Waals surface area contributed by atoms with Gasteiger partial charge < -0.3 is 11.1 Å². The molecule has 1 amide bonds. The molecule has 0 atom stereocenters. The Morgan fingerprint density at radius 2 is 2.05 bits per heavy atom. The lowest BCUT2D eigenvalue weighted by molar-refractivity contribution is 0.0914. The molecule has 114 valence electrons. The fraction of sp³-hybridized carbons (Fsp3) is 0.429. The standard InChI is InChI=1S/C14H17Br2N3OS/c15-9-1-2-11(12(16)7-9)14(20)18-10-3-5-19(6-4-10)8-13(17)21/h1-2,7,10H,3-6,8H2,(H2,17,21)(H,18,20). The molecule has 0 aliphatic carbocycles. The van der Waals surface area contributed by atoms with Gasteiger partial charge in [-0.2, -0.15) is 0 Å². The van der Waals surface area contributed by atoms with Crippen molar-refractivity contribution in [3.63, 3.8) is 0 Å². The van der Waals surface area contributed by atoms with Crippen molar-refractivity contribution in [1.29, 1.82) is 0 Å². The quantitative estimate of drug-likeness (QED) is 0.715. The first-order valence-corrected chi connectivity index (χ1v) is 8.71. The van der Waals surface area contributed by atoms with Crippen molar-refractivity contribution in [3.8, 4) is 0 Å². The molecule has 7 heteroatoms. The van der Waals surface area contributed by atoms with Crippen LogP contribution in [0.3, 0.4) is 0 Å². The molecule has 1 heterocycles. The zero-order valence-corrected chi connectivity index (χ0v) is 15.4. The Hall–Kier alpha value is -0.500. The average Bonchev–Trinajstić information content (AvgIpc) is 2.40. The van der Waals surface area contributed by atoms with Gasteiger partial charge in [-0.05, 0) is 47.0 Å². The molecule has 21 heavy (non-hydrogen) atoms. The minimum atomic E-state index is -0.0397. The van der Waals surface area contributed by atoms with Crippen LogP contribution in [0.1, 0.15) is 23.2 Å². The summed E-state index contributed by atoms with van der Waals surface area (Å²) in [6.07, 6.45) is 1.84. The highest BCUT2D eigenvalue weighted by atomic mass is 79.9. The van der Waals surface area contributed by atoms with Crippen LogP contribution in [0.2, 0.25) is 0 Å². The van der Waals surface area contributed by atoms with Crippen molar-refractivity contribution in [2.75, 3.05) is 19.6 Å². The molecule has 1 aromatic carbocycles. The molecule has 1 aromatic rings. The smallest absolute Gasteiger partial charge is 0.252 e. The van der Waals surface area contributed by atoms with Gasteiger partial charge in [0.05, 0.1) is 10.6 Å². The predicted molar refractivity (Wildman–Crippen MR) is 95.6 cm³/mol. The fourth-order valence-electron chi connectivity index (χ4n) is 2.39. The summed E-state index contributed by atoms with van der Waals surface area (Å²) in [6, 6.07) is 5.76. The molecular formula is C14H17Br2N3OS. The lowest BCUT2D eigenvalue weighted by Gasteiger charge is -2.32. The van der Waals surface area contributed by atoms with Gasteiger partial charge in [0, 0.05) is 34.6 Å². The van der Waals surface area contributed by atoms with E-state index in [0.29, 0.717) is 17.1 Å². The lowest BCUT2D eigenvalue weighted by Crippen LogP contribution is -2.46. The molecule has 0 unspecified atom stereocenters. The SMILES string of the molecule is NC(=S)CN1CCC(NC(=O)c2ccc(Br)cc2Br)CC1. The molecule has 0 saturated carbocycles. The van der Waals surface area contributed by atoms with Gasteiger partial charge in [0.25, 0.3) is 5.91 Å². The molecule has 0 spiro atoms. The van der Waals surface area contributed by atoms with Gasteiger partial charge in [-0.3, -0.25) is 9.69 Å². The van der Waals surface area contributed by atoms with Crippen molar-refractivity contribution < 1.29 is 4.79 Å². The normalized spacial score (nSPS) is 16.7. The van der Waals surface area contributed by atoms with E-state index in [2.05, 4.69) is 42.1 Å². The van der Waals surface area contributed by atoms with Gasteiger partial charge >= 0.3 is 0 Å². The third-order valence-corrected chi connectivity index (χ3v) is 4.76. The number of halogens is 2.